The normalized spacial score (nSPS) is 29.3. The van der Waals surface area contributed by atoms with Crippen LogP contribution in [-0.2, 0) is 10.5 Å². The molecule has 1 aromatic carbocycles. The van der Waals surface area contributed by atoms with Crippen LogP contribution in [0.1, 0.15) is 26.3 Å². The molecule has 0 saturated carbocycles. The zero-order chi connectivity index (χ0) is 11.1. The predicted octanol–water partition coefficient (Wildman–Crippen LogP) is 2.40. The average Bonchev–Trinajstić information content (AvgIpc) is 2.43. The minimum absolute atomic E-state index is 0.177. The van der Waals surface area contributed by atoms with Gasteiger partial charge in [-0.1, -0.05) is 12.1 Å². The molecule has 15 heavy (non-hydrogen) atoms. The SMILES string of the molecule is CC1(C)CNC(C)(c2ccc(F)cc2)O1. The van der Waals surface area contributed by atoms with E-state index >= 15 is 0 Å². The van der Waals surface area contributed by atoms with Crippen molar-refractivity contribution < 1.29 is 9.13 Å². The summed E-state index contributed by atoms with van der Waals surface area (Å²) in [6.45, 7) is 6.83. The maximum Gasteiger partial charge on any atom is 0.143 e. The fourth-order valence-corrected chi connectivity index (χ4v) is 1.94. The standard InChI is InChI=1S/C12H16FNO/c1-11(2)8-14-12(3,15-11)9-4-6-10(13)7-5-9/h4-7,14H,8H2,1-3H3. The summed E-state index contributed by atoms with van der Waals surface area (Å²) in [6.07, 6.45) is 0. The molecule has 1 aliphatic heterocycles. The Bertz CT molecular complexity index is 360. The molecule has 1 heterocycles. The van der Waals surface area contributed by atoms with Gasteiger partial charge in [-0.2, -0.15) is 0 Å². The lowest BCUT2D eigenvalue weighted by Gasteiger charge is -2.27. The third-order valence-corrected chi connectivity index (χ3v) is 2.73. The topological polar surface area (TPSA) is 21.3 Å². The lowest BCUT2D eigenvalue weighted by Crippen LogP contribution is -2.34. The highest BCUT2D eigenvalue weighted by molar-refractivity contribution is 5.23. The van der Waals surface area contributed by atoms with Crippen molar-refractivity contribution in [2.24, 2.45) is 0 Å². The van der Waals surface area contributed by atoms with E-state index in [1.807, 2.05) is 20.8 Å². The van der Waals surface area contributed by atoms with E-state index in [2.05, 4.69) is 5.32 Å². The van der Waals surface area contributed by atoms with Crippen molar-refractivity contribution in [2.75, 3.05) is 6.54 Å². The number of hydrogen-bond acceptors (Lipinski definition) is 2. The first-order chi connectivity index (χ1) is 6.91. The summed E-state index contributed by atoms with van der Waals surface area (Å²) < 4.78 is 18.7. The first-order valence-electron chi connectivity index (χ1n) is 5.13. The highest BCUT2D eigenvalue weighted by atomic mass is 19.1. The second-order valence-corrected chi connectivity index (χ2v) is 4.76. The van der Waals surface area contributed by atoms with Crippen molar-refractivity contribution in [2.45, 2.75) is 32.1 Å². The van der Waals surface area contributed by atoms with Crippen LogP contribution in [-0.4, -0.2) is 12.1 Å². The van der Waals surface area contributed by atoms with Gasteiger partial charge in [0.05, 0.1) is 5.60 Å². The summed E-state index contributed by atoms with van der Waals surface area (Å²) in [5.74, 6) is -0.223. The summed E-state index contributed by atoms with van der Waals surface area (Å²) in [5.41, 5.74) is 0.273. The molecule has 1 fully saturated rings. The summed E-state index contributed by atoms with van der Waals surface area (Å²) in [5, 5.41) is 3.31. The third kappa shape index (κ3) is 2.03. The van der Waals surface area contributed by atoms with Crippen molar-refractivity contribution in [1.29, 1.82) is 0 Å². The van der Waals surface area contributed by atoms with Gasteiger partial charge in [-0.05, 0) is 38.5 Å². The maximum atomic E-state index is 12.8. The highest BCUT2D eigenvalue weighted by Gasteiger charge is 2.41. The Kier molecular flexibility index (Phi) is 2.32. The zero-order valence-electron chi connectivity index (χ0n) is 9.30. The van der Waals surface area contributed by atoms with Crippen LogP contribution in [0.2, 0.25) is 0 Å². The van der Waals surface area contributed by atoms with Gasteiger partial charge in [-0.15, -0.1) is 0 Å². The van der Waals surface area contributed by atoms with E-state index < -0.39 is 5.72 Å². The van der Waals surface area contributed by atoms with Crippen molar-refractivity contribution in [1.82, 2.24) is 5.32 Å². The lowest BCUT2D eigenvalue weighted by molar-refractivity contribution is -0.0839. The Hall–Kier alpha value is -0.930. The first-order valence-corrected chi connectivity index (χ1v) is 5.13. The van der Waals surface area contributed by atoms with Gasteiger partial charge in [0.1, 0.15) is 11.5 Å². The van der Waals surface area contributed by atoms with E-state index in [1.165, 1.54) is 12.1 Å². The van der Waals surface area contributed by atoms with E-state index in [-0.39, 0.29) is 11.4 Å². The monoisotopic (exact) mass is 209 g/mol. The van der Waals surface area contributed by atoms with Gasteiger partial charge in [0.15, 0.2) is 0 Å². The van der Waals surface area contributed by atoms with E-state index in [0.29, 0.717) is 0 Å². The number of halogens is 1. The Balaban J connectivity index is 2.27. The Morgan fingerprint density at radius 1 is 1.20 bits per heavy atom. The molecule has 1 aromatic rings. The molecule has 0 aliphatic carbocycles. The van der Waals surface area contributed by atoms with Crippen LogP contribution in [0.3, 0.4) is 0 Å². The minimum Gasteiger partial charge on any atom is -0.349 e. The fraction of sp³-hybridized carbons (Fsp3) is 0.500. The summed E-state index contributed by atoms with van der Waals surface area (Å²) in [7, 11) is 0. The molecule has 1 atom stereocenters. The van der Waals surface area contributed by atoms with E-state index in [9.17, 15) is 4.39 Å². The van der Waals surface area contributed by atoms with Crippen molar-refractivity contribution in [3.8, 4) is 0 Å². The molecule has 3 heteroatoms. The van der Waals surface area contributed by atoms with Crippen molar-refractivity contribution in [3.63, 3.8) is 0 Å². The highest BCUT2D eigenvalue weighted by Crippen LogP contribution is 2.33. The maximum absolute atomic E-state index is 12.8. The Morgan fingerprint density at radius 3 is 2.27 bits per heavy atom. The van der Waals surface area contributed by atoms with Gasteiger partial charge in [-0.3, -0.25) is 5.32 Å². The Labute approximate surface area is 89.4 Å². The average molecular weight is 209 g/mol. The molecular weight excluding hydrogens is 193 g/mol. The van der Waals surface area contributed by atoms with Crippen LogP contribution in [0, 0.1) is 5.82 Å². The van der Waals surface area contributed by atoms with Gasteiger partial charge in [0.2, 0.25) is 0 Å². The van der Waals surface area contributed by atoms with Crippen LogP contribution in [0.5, 0.6) is 0 Å². The van der Waals surface area contributed by atoms with Crippen LogP contribution in [0.15, 0.2) is 24.3 Å². The molecule has 0 spiro atoms. The zero-order valence-corrected chi connectivity index (χ0v) is 9.30. The van der Waals surface area contributed by atoms with E-state index in [1.54, 1.807) is 12.1 Å². The molecule has 0 amide bonds. The molecule has 0 bridgehead atoms. The van der Waals surface area contributed by atoms with Gasteiger partial charge in [0, 0.05) is 6.54 Å². The van der Waals surface area contributed by atoms with Gasteiger partial charge in [-0.25, -0.2) is 4.39 Å². The molecule has 1 N–H and O–H groups in total. The largest absolute Gasteiger partial charge is 0.349 e. The van der Waals surface area contributed by atoms with Gasteiger partial charge in [0.25, 0.3) is 0 Å². The van der Waals surface area contributed by atoms with Gasteiger partial charge < -0.3 is 4.74 Å². The van der Waals surface area contributed by atoms with Crippen LogP contribution < -0.4 is 5.32 Å². The molecule has 2 nitrogen and oxygen atoms in total. The van der Waals surface area contributed by atoms with Crippen LogP contribution in [0.25, 0.3) is 0 Å². The number of benzene rings is 1. The number of hydrogen-bond donors (Lipinski definition) is 1. The van der Waals surface area contributed by atoms with Crippen molar-refractivity contribution in [3.05, 3.63) is 35.6 Å². The first kappa shape index (κ1) is 10.6. The van der Waals surface area contributed by atoms with E-state index in [4.69, 9.17) is 4.74 Å². The Morgan fingerprint density at radius 2 is 1.80 bits per heavy atom. The lowest BCUT2D eigenvalue weighted by atomic mass is 10.1. The second kappa shape index (κ2) is 3.29. The van der Waals surface area contributed by atoms with Gasteiger partial charge >= 0.3 is 0 Å². The quantitative estimate of drug-likeness (QED) is 0.766. The second-order valence-electron chi connectivity index (χ2n) is 4.76. The molecule has 2 rings (SSSR count). The number of nitrogens with one attached hydrogen (secondary N) is 1. The molecule has 1 unspecified atom stereocenters. The molecule has 82 valence electrons. The molecule has 1 aliphatic rings. The van der Waals surface area contributed by atoms with Crippen LogP contribution >= 0.6 is 0 Å². The molecule has 1 saturated heterocycles. The smallest absolute Gasteiger partial charge is 0.143 e. The molecule has 0 radical (unpaired) electrons. The number of rotatable bonds is 1. The minimum atomic E-state index is -0.503. The number of ether oxygens (including phenoxy) is 1. The summed E-state index contributed by atoms with van der Waals surface area (Å²) in [4.78, 5) is 0. The third-order valence-electron chi connectivity index (χ3n) is 2.73. The van der Waals surface area contributed by atoms with Crippen molar-refractivity contribution >= 4 is 0 Å². The molecular formula is C12H16FNO. The van der Waals surface area contributed by atoms with E-state index in [0.717, 1.165) is 12.1 Å². The summed E-state index contributed by atoms with van der Waals surface area (Å²) in [6, 6.07) is 6.42. The fourth-order valence-electron chi connectivity index (χ4n) is 1.94. The summed E-state index contributed by atoms with van der Waals surface area (Å²) >= 11 is 0. The van der Waals surface area contributed by atoms with Crippen LogP contribution in [0.4, 0.5) is 4.39 Å². The molecule has 0 aromatic heterocycles. The predicted molar refractivity (Wildman–Crippen MR) is 56.9 cm³/mol.